The molecule has 0 spiro atoms. The molecule has 0 bridgehead atoms. The lowest BCUT2D eigenvalue weighted by Gasteiger charge is -2.29. The topological polar surface area (TPSA) is 47.0 Å². The molecule has 0 radical (unpaired) electrons. The molecule has 2 aromatic heterocycles. The number of rotatable bonds is 3. The van der Waals surface area contributed by atoms with Crippen LogP contribution >= 0.6 is 11.3 Å². The standard InChI is InChI=1S/C15H21N3OS/c1-9-8-20-15-13(9)14(17-11(3)18-15)16-10(2)12-4-6-19-7-5-12/h8,10,12H,4-7H2,1-3H3,(H,16,17,18). The van der Waals surface area contributed by atoms with E-state index in [4.69, 9.17) is 4.74 Å². The molecule has 4 nitrogen and oxygen atoms in total. The van der Waals surface area contributed by atoms with Crippen molar-refractivity contribution < 1.29 is 4.74 Å². The fourth-order valence-electron chi connectivity index (χ4n) is 2.84. The second-order valence-electron chi connectivity index (χ2n) is 5.60. The lowest BCUT2D eigenvalue weighted by molar-refractivity contribution is 0.0622. The highest BCUT2D eigenvalue weighted by molar-refractivity contribution is 7.17. The van der Waals surface area contributed by atoms with Gasteiger partial charge in [-0.1, -0.05) is 0 Å². The smallest absolute Gasteiger partial charge is 0.138 e. The first-order chi connectivity index (χ1) is 9.65. The third-order valence-corrected chi connectivity index (χ3v) is 5.06. The highest BCUT2D eigenvalue weighted by Gasteiger charge is 2.22. The number of nitrogens with zero attached hydrogens (tertiary/aromatic N) is 2. The van der Waals surface area contributed by atoms with Crippen molar-refractivity contribution in [3.63, 3.8) is 0 Å². The molecule has 0 aromatic carbocycles. The van der Waals surface area contributed by atoms with Gasteiger partial charge >= 0.3 is 0 Å². The normalized spacial score (nSPS) is 18.4. The van der Waals surface area contributed by atoms with E-state index >= 15 is 0 Å². The van der Waals surface area contributed by atoms with Crippen LogP contribution in [0.25, 0.3) is 10.2 Å². The van der Waals surface area contributed by atoms with Gasteiger partial charge in [0, 0.05) is 19.3 Å². The maximum Gasteiger partial charge on any atom is 0.138 e. The van der Waals surface area contributed by atoms with Crippen molar-refractivity contribution in [2.24, 2.45) is 5.92 Å². The van der Waals surface area contributed by atoms with Crippen LogP contribution in [0.3, 0.4) is 0 Å². The first kappa shape index (κ1) is 13.8. The Bertz CT molecular complexity index is 604. The molecule has 108 valence electrons. The highest BCUT2D eigenvalue weighted by atomic mass is 32.1. The molecule has 0 amide bonds. The van der Waals surface area contributed by atoms with Crippen LogP contribution in [-0.2, 0) is 4.74 Å². The number of nitrogens with one attached hydrogen (secondary N) is 1. The van der Waals surface area contributed by atoms with Gasteiger partial charge in [-0.05, 0) is 50.5 Å². The van der Waals surface area contributed by atoms with Gasteiger partial charge in [0.2, 0.25) is 0 Å². The molecule has 2 aromatic rings. The zero-order chi connectivity index (χ0) is 14.1. The third-order valence-electron chi connectivity index (χ3n) is 4.07. The predicted octanol–water partition coefficient (Wildman–Crippen LogP) is 3.54. The Kier molecular flexibility index (Phi) is 3.89. The van der Waals surface area contributed by atoms with Gasteiger partial charge in [-0.25, -0.2) is 9.97 Å². The Labute approximate surface area is 123 Å². The summed E-state index contributed by atoms with van der Waals surface area (Å²) in [5, 5.41) is 6.96. The van der Waals surface area contributed by atoms with Gasteiger partial charge < -0.3 is 10.1 Å². The summed E-state index contributed by atoms with van der Waals surface area (Å²) in [6.07, 6.45) is 2.26. The Balaban J connectivity index is 1.87. The minimum absolute atomic E-state index is 0.413. The van der Waals surface area contributed by atoms with E-state index < -0.39 is 0 Å². The summed E-state index contributed by atoms with van der Waals surface area (Å²) in [4.78, 5) is 10.2. The summed E-state index contributed by atoms with van der Waals surface area (Å²) in [6, 6.07) is 0.413. The van der Waals surface area contributed by atoms with Crippen LogP contribution in [0.4, 0.5) is 5.82 Å². The van der Waals surface area contributed by atoms with E-state index in [1.54, 1.807) is 11.3 Å². The second-order valence-corrected chi connectivity index (χ2v) is 6.46. The average Bonchev–Trinajstić information content (AvgIpc) is 2.81. The van der Waals surface area contributed by atoms with Crippen molar-refractivity contribution in [3.05, 3.63) is 16.8 Å². The Morgan fingerprint density at radius 3 is 2.80 bits per heavy atom. The van der Waals surface area contributed by atoms with Gasteiger partial charge in [0.15, 0.2) is 0 Å². The van der Waals surface area contributed by atoms with E-state index in [1.807, 2.05) is 6.92 Å². The van der Waals surface area contributed by atoms with Crippen LogP contribution in [0, 0.1) is 19.8 Å². The third kappa shape index (κ3) is 2.65. The quantitative estimate of drug-likeness (QED) is 0.939. The van der Waals surface area contributed by atoms with Crippen molar-refractivity contribution in [1.29, 1.82) is 0 Å². The van der Waals surface area contributed by atoms with Crippen molar-refractivity contribution in [2.75, 3.05) is 18.5 Å². The summed E-state index contributed by atoms with van der Waals surface area (Å²) >= 11 is 1.69. The molecule has 1 N–H and O–H groups in total. The summed E-state index contributed by atoms with van der Waals surface area (Å²) in [7, 11) is 0. The van der Waals surface area contributed by atoms with Gasteiger partial charge in [0.1, 0.15) is 16.5 Å². The fourth-order valence-corrected chi connectivity index (χ4v) is 3.81. The molecule has 1 atom stereocenters. The number of thiophene rings is 1. The van der Waals surface area contributed by atoms with Gasteiger partial charge in [0.25, 0.3) is 0 Å². The van der Waals surface area contributed by atoms with E-state index in [1.165, 1.54) is 10.9 Å². The van der Waals surface area contributed by atoms with E-state index in [2.05, 4.69) is 34.5 Å². The zero-order valence-electron chi connectivity index (χ0n) is 12.3. The molecular weight excluding hydrogens is 270 g/mol. The molecule has 3 rings (SSSR count). The maximum absolute atomic E-state index is 5.44. The van der Waals surface area contributed by atoms with Crippen molar-refractivity contribution in [3.8, 4) is 0 Å². The molecule has 20 heavy (non-hydrogen) atoms. The highest BCUT2D eigenvalue weighted by Crippen LogP contribution is 2.31. The number of hydrogen-bond acceptors (Lipinski definition) is 5. The van der Waals surface area contributed by atoms with Gasteiger partial charge in [-0.3, -0.25) is 0 Å². The minimum atomic E-state index is 0.413. The van der Waals surface area contributed by atoms with E-state index in [0.29, 0.717) is 12.0 Å². The maximum atomic E-state index is 5.44. The zero-order valence-corrected chi connectivity index (χ0v) is 13.1. The van der Waals surface area contributed by atoms with Gasteiger partial charge in [-0.2, -0.15) is 0 Å². The number of fused-ring (bicyclic) bond motifs is 1. The number of hydrogen-bond donors (Lipinski definition) is 1. The molecule has 0 saturated carbocycles. The lowest BCUT2D eigenvalue weighted by Crippen LogP contribution is -2.31. The molecule has 1 aliphatic rings. The van der Waals surface area contributed by atoms with Crippen LogP contribution in [-0.4, -0.2) is 29.2 Å². The lowest BCUT2D eigenvalue weighted by atomic mass is 9.93. The Morgan fingerprint density at radius 2 is 2.05 bits per heavy atom. The molecule has 5 heteroatoms. The minimum Gasteiger partial charge on any atom is -0.381 e. The van der Waals surface area contributed by atoms with Crippen LogP contribution in [0.5, 0.6) is 0 Å². The molecule has 3 heterocycles. The van der Waals surface area contributed by atoms with Crippen LogP contribution in [0.2, 0.25) is 0 Å². The second kappa shape index (κ2) is 5.66. The summed E-state index contributed by atoms with van der Waals surface area (Å²) < 4.78 is 5.44. The van der Waals surface area contributed by atoms with Crippen molar-refractivity contribution >= 4 is 27.4 Å². The number of aromatic nitrogens is 2. The monoisotopic (exact) mass is 291 g/mol. The SMILES string of the molecule is Cc1nc(NC(C)C2CCOCC2)c2c(C)csc2n1. The molecule has 0 aliphatic carbocycles. The van der Waals surface area contributed by atoms with Gasteiger partial charge in [-0.15, -0.1) is 11.3 Å². The van der Waals surface area contributed by atoms with Crippen LogP contribution in [0.15, 0.2) is 5.38 Å². The van der Waals surface area contributed by atoms with E-state index in [-0.39, 0.29) is 0 Å². The van der Waals surface area contributed by atoms with Crippen LogP contribution < -0.4 is 5.32 Å². The Hall–Kier alpha value is -1.20. The summed E-state index contributed by atoms with van der Waals surface area (Å²) in [5.41, 5.74) is 1.26. The van der Waals surface area contributed by atoms with E-state index in [9.17, 15) is 0 Å². The van der Waals surface area contributed by atoms with Crippen LogP contribution in [0.1, 0.15) is 31.2 Å². The summed E-state index contributed by atoms with van der Waals surface area (Å²) in [5.74, 6) is 2.49. The molecule has 1 fully saturated rings. The molecule has 1 aliphatic heterocycles. The number of anilines is 1. The average molecular weight is 291 g/mol. The van der Waals surface area contributed by atoms with Crippen molar-refractivity contribution in [1.82, 2.24) is 9.97 Å². The Morgan fingerprint density at radius 1 is 1.30 bits per heavy atom. The number of ether oxygens (including phenoxy) is 1. The molecule has 1 saturated heterocycles. The molecule has 1 unspecified atom stereocenters. The summed E-state index contributed by atoms with van der Waals surface area (Å²) in [6.45, 7) is 8.10. The molecular formula is C15H21N3OS. The largest absolute Gasteiger partial charge is 0.381 e. The van der Waals surface area contributed by atoms with E-state index in [0.717, 1.165) is 42.5 Å². The predicted molar refractivity (Wildman–Crippen MR) is 83.5 cm³/mol. The fraction of sp³-hybridized carbons (Fsp3) is 0.600. The van der Waals surface area contributed by atoms with Crippen molar-refractivity contribution in [2.45, 2.75) is 39.7 Å². The first-order valence-electron chi connectivity index (χ1n) is 7.22. The first-order valence-corrected chi connectivity index (χ1v) is 8.10. The van der Waals surface area contributed by atoms with Gasteiger partial charge in [0.05, 0.1) is 5.39 Å². The number of aryl methyl sites for hydroxylation is 2.